The highest BCUT2D eigenvalue weighted by Crippen LogP contribution is 2.24. The molecule has 2 unspecified atom stereocenters. The van der Waals surface area contributed by atoms with Crippen molar-refractivity contribution >= 4 is 29.9 Å². The Morgan fingerprint density at radius 1 is 1.31 bits per heavy atom. The van der Waals surface area contributed by atoms with Gasteiger partial charge in [0.25, 0.3) is 0 Å². The summed E-state index contributed by atoms with van der Waals surface area (Å²) in [5.41, 5.74) is 2.10. The molecule has 2 aliphatic heterocycles. The number of nitrogens with one attached hydrogen (secondary N) is 2. The van der Waals surface area contributed by atoms with Crippen LogP contribution in [0, 0.1) is 12.8 Å². The van der Waals surface area contributed by atoms with Gasteiger partial charge in [0, 0.05) is 43.8 Å². The van der Waals surface area contributed by atoms with Crippen molar-refractivity contribution in [2.45, 2.75) is 45.5 Å². The number of aliphatic imine (C=N–C) groups is 1. The van der Waals surface area contributed by atoms with E-state index in [0.717, 1.165) is 36.5 Å². The second kappa shape index (κ2) is 12.8. The van der Waals surface area contributed by atoms with Gasteiger partial charge in [-0.3, -0.25) is 4.90 Å². The van der Waals surface area contributed by atoms with Crippen LogP contribution in [0.3, 0.4) is 0 Å². The van der Waals surface area contributed by atoms with Gasteiger partial charge in [0.05, 0.1) is 26.3 Å². The molecular weight excluding hydrogens is 536 g/mol. The van der Waals surface area contributed by atoms with E-state index in [0.29, 0.717) is 51.1 Å². The molecule has 1 aromatic carbocycles. The van der Waals surface area contributed by atoms with Crippen molar-refractivity contribution in [2.24, 2.45) is 10.9 Å². The Morgan fingerprint density at radius 3 is 2.81 bits per heavy atom. The molecular formula is C22H34F3IN4O2. The molecule has 0 radical (unpaired) electrons. The van der Waals surface area contributed by atoms with Gasteiger partial charge < -0.3 is 20.1 Å². The predicted molar refractivity (Wildman–Crippen MR) is 130 cm³/mol. The molecule has 2 fully saturated rings. The fraction of sp³-hybridized carbons (Fsp3) is 0.682. The highest BCUT2D eigenvalue weighted by Gasteiger charge is 2.34. The molecule has 6 nitrogen and oxygen atoms in total. The molecule has 3 rings (SSSR count). The van der Waals surface area contributed by atoms with E-state index in [1.165, 1.54) is 4.90 Å². The molecule has 1 aromatic rings. The lowest BCUT2D eigenvalue weighted by atomic mass is 10.1. The van der Waals surface area contributed by atoms with Crippen molar-refractivity contribution in [1.29, 1.82) is 0 Å². The van der Waals surface area contributed by atoms with Gasteiger partial charge in [-0.05, 0) is 38.3 Å². The summed E-state index contributed by atoms with van der Waals surface area (Å²) in [5, 5.41) is 6.47. The molecule has 10 heteroatoms. The van der Waals surface area contributed by atoms with E-state index in [4.69, 9.17) is 9.47 Å². The molecule has 2 N–H and O–H groups in total. The summed E-state index contributed by atoms with van der Waals surface area (Å²) in [5.74, 6) is 1.85. The van der Waals surface area contributed by atoms with E-state index in [1.54, 1.807) is 0 Å². The van der Waals surface area contributed by atoms with Gasteiger partial charge >= 0.3 is 6.18 Å². The van der Waals surface area contributed by atoms with Crippen molar-refractivity contribution in [2.75, 3.05) is 46.0 Å². The van der Waals surface area contributed by atoms with Crippen LogP contribution in [0.2, 0.25) is 0 Å². The van der Waals surface area contributed by atoms with Gasteiger partial charge in [-0.25, -0.2) is 4.99 Å². The molecule has 0 aliphatic carbocycles. The zero-order chi connectivity index (χ0) is 22.3. The maximum Gasteiger partial charge on any atom is 0.401 e. The van der Waals surface area contributed by atoms with Crippen LogP contribution < -0.4 is 15.4 Å². The quantitative estimate of drug-likeness (QED) is 0.284. The second-order valence-electron chi connectivity index (χ2n) is 8.33. The third-order valence-corrected chi connectivity index (χ3v) is 5.49. The fourth-order valence-corrected chi connectivity index (χ4v) is 3.87. The lowest BCUT2D eigenvalue weighted by Crippen LogP contribution is -2.45. The third-order valence-electron chi connectivity index (χ3n) is 5.49. The number of ether oxygens (including phenoxy) is 2. The maximum absolute atomic E-state index is 12.6. The van der Waals surface area contributed by atoms with Crippen LogP contribution in [0.4, 0.5) is 13.2 Å². The van der Waals surface area contributed by atoms with Crippen LogP contribution >= 0.6 is 24.0 Å². The van der Waals surface area contributed by atoms with Crippen LogP contribution in [0.15, 0.2) is 23.2 Å². The highest BCUT2D eigenvalue weighted by molar-refractivity contribution is 14.0. The van der Waals surface area contributed by atoms with Crippen LogP contribution in [0.5, 0.6) is 5.75 Å². The van der Waals surface area contributed by atoms with E-state index >= 15 is 0 Å². The molecule has 182 valence electrons. The summed E-state index contributed by atoms with van der Waals surface area (Å²) in [7, 11) is 0. The maximum atomic E-state index is 12.6. The van der Waals surface area contributed by atoms with Crippen molar-refractivity contribution in [3.05, 3.63) is 29.3 Å². The van der Waals surface area contributed by atoms with Crippen LogP contribution in [0.1, 0.15) is 30.9 Å². The van der Waals surface area contributed by atoms with Crippen LogP contribution in [0.25, 0.3) is 0 Å². The number of nitrogens with zero attached hydrogens (tertiary/aromatic N) is 2. The highest BCUT2D eigenvalue weighted by atomic mass is 127. The first-order chi connectivity index (χ1) is 14.8. The Bertz CT molecular complexity index is 742. The Labute approximate surface area is 205 Å². The van der Waals surface area contributed by atoms with Crippen molar-refractivity contribution in [3.8, 4) is 5.75 Å². The van der Waals surface area contributed by atoms with E-state index in [2.05, 4.69) is 15.6 Å². The Balaban J connectivity index is 0.00000363. The van der Waals surface area contributed by atoms with Gasteiger partial charge in [-0.2, -0.15) is 13.2 Å². The number of guanidine groups is 1. The average molecular weight is 570 g/mol. The minimum atomic E-state index is -4.17. The zero-order valence-electron chi connectivity index (χ0n) is 18.7. The predicted octanol–water partition coefficient (Wildman–Crippen LogP) is 3.72. The molecule has 0 spiro atoms. The van der Waals surface area contributed by atoms with Gasteiger partial charge in [-0.1, -0.05) is 12.1 Å². The lowest BCUT2D eigenvalue weighted by molar-refractivity contribution is -0.143. The summed E-state index contributed by atoms with van der Waals surface area (Å²) in [6.45, 7) is 7.14. The number of likely N-dealkylation sites (tertiary alicyclic amines) is 1. The minimum absolute atomic E-state index is 0. The summed E-state index contributed by atoms with van der Waals surface area (Å²) >= 11 is 0. The van der Waals surface area contributed by atoms with Crippen LogP contribution in [-0.2, 0) is 11.3 Å². The van der Waals surface area contributed by atoms with Crippen molar-refractivity contribution in [3.63, 3.8) is 0 Å². The first-order valence-electron chi connectivity index (χ1n) is 11.0. The van der Waals surface area contributed by atoms with E-state index in [9.17, 15) is 13.2 Å². The molecule has 32 heavy (non-hydrogen) atoms. The topological polar surface area (TPSA) is 58.1 Å². The lowest BCUT2D eigenvalue weighted by Gasteiger charge is -2.20. The third kappa shape index (κ3) is 8.93. The van der Waals surface area contributed by atoms with Gasteiger partial charge in [0.1, 0.15) is 5.75 Å². The number of rotatable bonds is 8. The standard InChI is InChI=1S/C22H33F3N4O2.HI/c1-3-26-21(28-19-6-8-29(12-19)15-22(23,24)25)27-11-18-5-4-16(2)10-20(18)31-14-17-7-9-30-13-17;/h4-5,10,17,19H,3,6-9,11-15H2,1-2H3,(H2,26,27,28);1H. The summed E-state index contributed by atoms with van der Waals surface area (Å²) in [6, 6.07) is 6.01. The molecule has 0 amide bonds. The molecule has 0 aromatic heterocycles. The number of hydrogen-bond acceptors (Lipinski definition) is 4. The van der Waals surface area contributed by atoms with Gasteiger partial charge in [0.15, 0.2) is 5.96 Å². The first-order valence-corrected chi connectivity index (χ1v) is 11.0. The molecule has 2 saturated heterocycles. The average Bonchev–Trinajstić information content (AvgIpc) is 3.36. The van der Waals surface area contributed by atoms with Gasteiger partial charge in [0.2, 0.25) is 0 Å². The number of alkyl halides is 3. The molecule has 2 atom stereocenters. The van der Waals surface area contributed by atoms with E-state index < -0.39 is 12.7 Å². The number of halogens is 4. The van der Waals surface area contributed by atoms with E-state index in [-0.39, 0.29) is 30.0 Å². The Hall–Kier alpha value is -1.27. The Morgan fingerprint density at radius 2 is 2.12 bits per heavy atom. The number of hydrogen-bond donors (Lipinski definition) is 2. The van der Waals surface area contributed by atoms with Gasteiger partial charge in [-0.15, -0.1) is 24.0 Å². The summed E-state index contributed by atoms with van der Waals surface area (Å²) < 4.78 is 49.4. The largest absolute Gasteiger partial charge is 0.493 e. The fourth-order valence-electron chi connectivity index (χ4n) is 3.87. The normalized spacial score (nSPS) is 22.0. The Kier molecular flexibility index (Phi) is 10.8. The molecule has 2 heterocycles. The van der Waals surface area contributed by atoms with Crippen molar-refractivity contribution in [1.82, 2.24) is 15.5 Å². The smallest absolute Gasteiger partial charge is 0.401 e. The van der Waals surface area contributed by atoms with Crippen molar-refractivity contribution < 1.29 is 22.6 Å². The molecule has 0 saturated carbocycles. The summed E-state index contributed by atoms with van der Waals surface area (Å²) in [6.07, 6.45) is -2.50. The monoisotopic (exact) mass is 570 g/mol. The van der Waals surface area contributed by atoms with Crippen LogP contribution in [-0.4, -0.2) is 69.1 Å². The van der Waals surface area contributed by atoms with E-state index in [1.807, 2.05) is 32.0 Å². The zero-order valence-corrected chi connectivity index (χ0v) is 21.0. The number of aryl methyl sites for hydroxylation is 1. The second-order valence-corrected chi connectivity index (χ2v) is 8.33. The SMILES string of the molecule is CCNC(=NCc1ccc(C)cc1OCC1CCOC1)NC1CCN(CC(F)(F)F)C1.I. The molecule has 0 bridgehead atoms. The first kappa shape index (κ1) is 27.0. The number of benzene rings is 1. The minimum Gasteiger partial charge on any atom is -0.493 e. The summed E-state index contributed by atoms with van der Waals surface area (Å²) in [4.78, 5) is 6.10. The molecule has 2 aliphatic rings.